The molecule has 3 rings (SSSR count). The van der Waals surface area contributed by atoms with Crippen LogP contribution in [0.25, 0.3) is 0 Å². The first kappa shape index (κ1) is 15.7. The summed E-state index contributed by atoms with van der Waals surface area (Å²) in [7, 11) is 0. The van der Waals surface area contributed by atoms with Gasteiger partial charge in [-0.05, 0) is 42.0 Å². The Labute approximate surface area is 140 Å². The molecular weight excluding hydrogens is 308 g/mol. The third-order valence-electron chi connectivity index (χ3n) is 4.01. The fourth-order valence-electron chi connectivity index (χ4n) is 2.79. The number of hydrogen-bond acceptors (Lipinski definition) is 3. The SMILES string of the molecule is CC(C)C(=O)N1CCCc2ccc(NC(=O)c3ccsc3)cc21. The van der Waals surface area contributed by atoms with E-state index in [1.807, 2.05) is 47.7 Å². The summed E-state index contributed by atoms with van der Waals surface area (Å²) in [6, 6.07) is 7.64. The first-order valence-corrected chi connectivity index (χ1v) is 8.78. The molecule has 0 radical (unpaired) electrons. The summed E-state index contributed by atoms with van der Waals surface area (Å²) >= 11 is 1.50. The lowest BCUT2D eigenvalue weighted by molar-refractivity contribution is -0.121. The van der Waals surface area contributed by atoms with E-state index in [0.29, 0.717) is 5.56 Å². The van der Waals surface area contributed by atoms with Crippen LogP contribution in [0.3, 0.4) is 0 Å². The Kier molecular flexibility index (Phi) is 4.48. The molecular formula is C18H20N2O2S. The zero-order chi connectivity index (χ0) is 16.4. The van der Waals surface area contributed by atoms with Crippen LogP contribution in [-0.2, 0) is 11.2 Å². The second-order valence-electron chi connectivity index (χ2n) is 6.06. The quantitative estimate of drug-likeness (QED) is 0.928. The van der Waals surface area contributed by atoms with Gasteiger partial charge < -0.3 is 10.2 Å². The summed E-state index contributed by atoms with van der Waals surface area (Å²) in [4.78, 5) is 26.5. The smallest absolute Gasteiger partial charge is 0.256 e. The van der Waals surface area contributed by atoms with Crippen molar-refractivity contribution in [2.75, 3.05) is 16.8 Å². The van der Waals surface area contributed by atoms with Gasteiger partial charge in [0.25, 0.3) is 5.91 Å². The molecule has 0 aliphatic carbocycles. The first-order valence-electron chi connectivity index (χ1n) is 7.84. The third kappa shape index (κ3) is 3.29. The standard InChI is InChI=1S/C18H20N2O2S/c1-12(2)18(22)20-8-3-4-13-5-6-15(10-16(13)20)19-17(21)14-7-9-23-11-14/h5-7,9-12H,3-4,8H2,1-2H3,(H,19,21). The molecule has 120 valence electrons. The molecule has 0 unspecified atom stereocenters. The zero-order valence-corrected chi connectivity index (χ0v) is 14.2. The van der Waals surface area contributed by atoms with Crippen LogP contribution in [0.2, 0.25) is 0 Å². The molecule has 23 heavy (non-hydrogen) atoms. The number of thiophene rings is 1. The minimum atomic E-state index is -0.122. The number of hydrogen-bond donors (Lipinski definition) is 1. The molecule has 0 bridgehead atoms. The summed E-state index contributed by atoms with van der Waals surface area (Å²) in [5.41, 5.74) is 3.48. The van der Waals surface area contributed by atoms with Crippen molar-refractivity contribution >= 4 is 34.5 Å². The van der Waals surface area contributed by atoms with Crippen molar-refractivity contribution in [2.45, 2.75) is 26.7 Å². The van der Waals surface area contributed by atoms with Crippen LogP contribution < -0.4 is 10.2 Å². The van der Waals surface area contributed by atoms with Gasteiger partial charge in [0.1, 0.15) is 0 Å². The second-order valence-corrected chi connectivity index (χ2v) is 6.84. The van der Waals surface area contributed by atoms with Crippen LogP contribution in [0.15, 0.2) is 35.0 Å². The van der Waals surface area contributed by atoms with Crippen molar-refractivity contribution in [1.82, 2.24) is 0 Å². The number of benzene rings is 1. The van der Waals surface area contributed by atoms with E-state index in [2.05, 4.69) is 5.32 Å². The van der Waals surface area contributed by atoms with Gasteiger partial charge in [0.2, 0.25) is 5.91 Å². The Hall–Kier alpha value is -2.14. The Bertz CT molecular complexity index is 723. The van der Waals surface area contributed by atoms with E-state index >= 15 is 0 Å². The van der Waals surface area contributed by atoms with Crippen LogP contribution >= 0.6 is 11.3 Å². The second kappa shape index (κ2) is 6.54. The van der Waals surface area contributed by atoms with Gasteiger partial charge in [-0.1, -0.05) is 19.9 Å². The first-order chi connectivity index (χ1) is 11.1. The maximum absolute atomic E-state index is 12.4. The lowest BCUT2D eigenvalue weighted by atomic mass is 9.99. The van der Waals surface area contributed by atoms with Gasteiger partial charge in [-0.3, -0.25) is 9.59 Å². The molecule has 0 atom stereocenters. The minimum absolute atomic E-state index is 0.0370. The maximum atomic E-state index is 12.4. The molecule has 1 aromatic carbocycles. The highest BCUT2D eigenvalue weighted by molar-refractivity contribution is 7.08. The molecule has 4 nitrogen and oxygen atoms in total. The third-order valence-corrected chi connectivity index (χ3v) is 4.69. The summed E-state index contributed by atoms with van der Waals surface area (Å²) in [6.45, 7) is 4.57. The molecule has 0 fully saturated rings. The highest BCUT2D eigenvalue weighted by Crippen LogP contribution is 2.31. The highest BCUT2D eigenvalue weighted by Gasteiger charge is 2.24. The Morgan fingerprint density at radius 3 is 2.78 bits per heavy atom. The normalized spacial score (nSPS) is 13.8. The summed E-state index contributed by atoms with van der Waals surface area (Å²) in [5.74, 6) is -0.0268. The molecule has 2 heterocycles. The van der Waals surface area contributed by atoms with Gasteiger partial charge >= 0.3 is 0 Å². The Balaban J connectivity index is 1.86. The van der Waals surface area contributed by atoms with Crippen molar-refractivity contribution in [3.63, 3.8) is 0 Å². The van der Waals surface area contributed by atoms with Gasteiger partial charge in [0.15, 0.2) is 0 Å². The molecule has 1 aliphatic heterocycles. The van der Waals surface area contributed by atoms with E-state index in [4.69, 9.17) is 0 Å². The maximum Gasteiger partial charge on any atom is 0.256 e. The number of fused-ring (bicyclic) bond motifs is 1. The van der Waals surface area contributed by atoms with Crippen molar-refractivity contribution in [3.05, 3.63) is 46.2 Å². The fraction of sp³-hybridized carbons (Fsp3) is 0.333. The van der Waals surface area contributed by atoms with E-state index in [9.17, 15) is 9.59 Å². The van der Waals surface area contributed by atoms with Gasteiger partial charge in [0.05, 0.1) is 5.56 Å². The number of rotatable bonds is 3. The van der Waals surface area contributed by atoms with E-state index in [0.717, 1.165) is 30.8 Å². The molecule has 1 aliphatic rings. The molecule has 5 heteroatoms. The van der Waals surface area contributed by atoms with Crippen LogP contribution in [0, 0.1) is 5.92 Å². The number of aryl methyl sites for hydroxylation is 1. The lowest BCUT2D eigenvalue weighted by Crippen LogP contribution is -2.38. The fourth-order valence-corrected chi connectivity index (χ4v) is 3.43. The number of nitrogens with zero attached hydrogens (tertiary/aromatic N) is 1. The van der Waals surface area contributed by atoms with Gasteiger partial charge in [0, 0.05) is 29.2 Å². The van der Waals surface area contributed by atoms with Gasteiger partial charge in [-0.15, -0.1) is 0 Å². The van der Waals surface area contributed by atoms with E-state index in [1.54, 1.807) is 6.07 Å². The predicted octanol–water partition coefficient (Wildman–Crippen LogP) is 3.94. The number of anilines is 2. The zero-order valence-electron chi connectivity index (χ0n) is 13.3. The monoisotopic (exact) mass is 328 g/mol. The largest absolute Gasteiger partial charge is 0.322 e. The average molecular weight is 328 g/mol. The minimum Gasteiger partial charge on any atom is -0.322 e. The van der Waals surface area contributed by atoms with E-state index < -0.39 is 0 Å². The molecule has 1 N–H and O–H groups in total. The molecule has 0 spiro atoms. The van der Waals surface area contributed by atoms with Crippen LogP contribution in [-0.4, -0.2) is 18.4 Å². The molecule has 0 saturated heterocycles. The van der Waals surface area contributed by atoms with Crippen LogP contribution in [0.1, 0.15) is 36.2 Å². The molecule has 0 saturated carbocycles. The van der Waals surface area contributed by atoms with Crippen molar-refractivity contribution in [3.8, 4) is 0 Å². The molecule has 2 aromatic rings. The Morgan fingerprint density at radius 2 is 2.09 bits per heavy atom. The van der Waals surface area contributed by atoms with Crippen molar-refractivity contribution < 1.29 is 9.59 Å². The number of amides is 2. The van der Waals surface area contributed by atoms with Gasteiger partial charge in [-0.2, -0.15) is 11.3 Å². The summed E-state index contributed by atoms with van der Waals surface area (Å²) in [6.07, 6.45) is 1.95. The van der Waals surface area contributed by atoms with E-state index in [1.165, 1.54) is 16.9 Å². The number of carbonyl (C=O) groups excluding carboxylic acids is 2. The predicted molar refractivity (Wildman–Crippen MR) is 94.2 cm³/mol. The Morgan fingerprint density at radius 1 is 1.26 bits per heavy atom. The summed E-state index contributed by atoms with van der Waals surface area (Å²) in [5, 5.41) is 6.61. The molecule has 1 aromatic heterocycles. The summed E-state index contributed by atoms with van der Waals surface area (Å²) < 4.78 is 0. The van der Waals surface area contributed by atoms with Crippen LogP contribution in [0.4, 0.5) is 11.4 Å². The lowest BCUT2D eigenvalue weighted by Gasteiger charge is -2.31. The highest BCUT2D eigenvalue weighted by atomic mass is 32.1. The van der Waals surface area contributed by atoms with Crippen molar-refractivity contribution in [1.29, 1.82) is 0 Å². The number of nitrogens with one attached hydrogen (secondary N) is 1. The van der Waals surface area contributed by atoms with E-state index in [-0.39, 0.29) is 17.7 Å². The van der Waals surface area contributed by atoms with Gasteiger partial charge in [-0.25, -0.2) is 0 Å². The molecule has 2 amide bonds. The average Bonchev–Trinajstić information content (AvgIpc) is 3.08. The van der Waals surface area contributed by atoms with Crippen molar-refractivity contribution in [2.24, 2.45) is 5.92 Å². The van der Waals surface area contributed by atoms with Crippen LogP contribution in [0.5, 0.6) is 0 Å². The number of carbonyl (C=O) groups is 2. The topological polar surface area (TPSA) is 49.4 Å².